The number of hydrogen-bond donors (Lipinski definition) is 2. The summed E-state index contributed by atoms with van der Waals surface area (Å²) in [6, 6.07) is 11.3. The highest BCUT2D eigenvalue weighted by Gasteiger charge is 2.08. The normalized spacial score (nSPS) is 12.5. The molecule has 0 spiro atoms. The van der Waals surface area contributed by atoms with Crippen LogP contribution in [0.4, 0.5) is 0 Å². The Morgan fingerprint density at radius 2 is 1.91 bits per heavy atom. The third-order valence-corrected chi connectivity index (χ3v) is 3.87. The first-order valence-electron chi connectivity index (χ1n) is 7.06. The van der Waals surface area contributed by atoms with Gasteiger partial charge in [0.2, 0.25) is 0 Å². The number of aromatic nitrogens is 2. The lowest BCUT2D eigenvalue weighted by Gasteiger charge is -2.13. The van der Waals surface area contributed by atoms with Gasteiger partial charge in [0.25, 0.3) is 0 Å². The number of benzene rings is 1. The van der Waals surface area contributed by atoms with Gasteiger partial charge in [-0.1, -0.05) is 17.7 Å². The van der Waals surface area contributed by atoms with E-state index in [-0.39, 0.29) is 0 Å². The molecule has 22 heavy (non-hydrogen) atoms. The van der Waals surface area contributed by atoms with Crippen LogP contribution < -0.4 is 5.32 Å². The molecule has 0 aliphatic rings. The Hall–Kier alpha value is -2.01. The van der Waals surface area contributed by atoms with Crippen LogP contribution in [0.1, 0.15) is 17.2 Å². The molecule has 0 aliphatic heterocycles. The van der Waals surface area contributed by atoms with Gasteiger partial charge >= 0.3 is 0 Å². The summed E-state index contributed by atoms with van der Waals surface area (Å²) in [6.07, 6.45) is 4.55. The van der Waals surface area contributed by atoms with Crippen LogP contribution in [-0.2, 0) is 6.54 Å². The third kappa shape index (κ3) is 3.25. The van der Waals surface area contributed by atoms with Crippen LogP contribution in [0, 0.1) is 0 Å². The number of fused-ring (bicyclic) bond motifs is 1. The number of halogens is 1. The van der Waals surface area contributed by atoms with E-state index in [1.807, 2.05) is 36.4 Å². The molecule has 3 aromatic rings. The number of hydrogen-bond acceptors (Lipinski definition) is 4. The van der Waals surface area contributed by atoms with E-state index in [0.717, 1.165) is 22.0 Å². The molecule has 1 aromatic carbocycles. The average Bonchev–Trinajstić information content (AvgIpc) is 2.58. The van der Waals surface area contributed by atoms with Crippen LogP contribution in [0.25, 0.3) is 10.9 Å². The fourth-order valence-corrected chi connectivity index (χ4v) is 2.60. The van der Waals surface area contributed by atoms with Gasteiger partial charge in [-0.05, 0) is 41.5 Å². The van der Waals surface area contributed by atoms with E-state index in [1.165, 1.54) is 0 Å². The summed E-state index contributed by atoms with van der Waals surface area (Å²) in [5.41, 5.74) is 2.80. The van der Waals surface area contributed by atoms with Gasteiger partial charge < -0.3 is 10.4 Å². The summed E-state index contributed by atoms with van der Waals surface area (Å²) in [4.78, 5) is 8.35. The minimum atomic E-state index is -0.561. The monoisotopic (exact) mass is 313 g/mol. The van der Waals surface area contributed by atoms with Crippen LogP contribution in [-0.4, -0.2) is 21.6 Å². The molecule has 1 unspecified atom stereocenters. The van der Waals surface area contributed by atoms with Crippen molar-refractivity contribution in [2.45, 2.75) is 12.6 Å². The first-order valence-corrected chi connectivity index (χ1v) is 7.44. The first-order chi connectivity index (χ1) is 10.8. The van der Waals surface area contributed by atoms with Crippen molar-refractivity contribution in [1.82, 2.24) is 15.3 Å². The summed E-state index contributed by atoms with van der Waals surface area (Å²) in [5.74, 6) is 0. The van der Waals surface area contributed by atoms with Crippen LogP contribution in [0.15, 0.2) is 55.0 Å². The molecule has 0 bridgehead atoms. The third-order valence-electron chi connectivity index (χ3n) is 3.54. The lowest BCUT2D eigenvalue weighted by molar-refractivity contribution is 0.174. The highest BCUT2D eigenvalue weighted by Crippen LogP contribution is 2.24. The maximum Gasteiger partial charge on any atom is 0.0915 e. The summed E-state index contributed by atoms with van der Waals surface area (Å²) >= 11 is 6.19. The number of nitrogens with one attached hydrogen (secondary N) is 1. The highest BCUT2D eigenvalue weighted by atomic mass is 35.5. The van der Waals surface area contributed by atoms with Crippen molar-refractivity contribution >= 4 is 22.5 Å². The van der Waals surface area contributed by atoms with E-state index < -0.39 is 6.10 Å². The molecule has 4 nitrogen and oxygen atoms in total. The molecule has 0 fully saturated rings. The topological polar surface area (TPSA) is 58.0 Å². The zero-order chi connectivity index (χ0) is 15.4. The minimum absolute atomic E-state index is 0.459. The van der Waals surface area contributed by atoms with Gasteiger partial charge in [-0.25, -0.2) is 0 Å². The van der Waals surface area contributed by atoms with E-state index in [4.69, 9.17) is 11.6 Å². The Kier molecular flexibility index (Phi) is 4.63. The number of aliphatic hydroxyl groups excluding tert-OH is 1. The van der Waals surface area contributed by atoms with Gasteiger partial charge in [-0.15, -0.1) is 0 Å². The molecule has 2 heterocycles. The van der Waals surface area contributed by atoms with Crippen LogP contribution >= 0.6 is 11.6 Å². The molecule has 5 heteroatoms. The molecule has 0 radical (unpaired) electrons. The average molecular weight is 314 g/mol. The Morgan fingerprint density at radius 1 is 1.09 bits per heavy atom. The Morgan fingerprint density at radius 3 is 2.73 bits per heavy atom. The zero-order valence-electron chi connectivity index (χ0n) is 11.9. The zero-order valence-corrected chi connectivity index (χ0v) is 12.7. The van der Waals surface area contributed by atoms with E-state index in [1.54, 1.807) is 18.6 Å². The maximum absolute atomic E-state index is 10.1. The second kappa shape index (κ2) is 6.83. The molecule has 0 aliphatic carbocycles. The van der Waals surface area contributed by atoms with Gasteiger partial charge in [-0.3, -0.25) is 9.97 Å². The molecule has 112 valence electrons. The van der Waals surface area contributed by atoms with Crippen molar-refractivity contribution in [2.75, 3.05) is 6.54 Å². The van der Waals surface area contributed by atoms with E-state index in [9.17, 15) is 5.11 Å². The fourth-order valence-electron chi connectivity index (χ4n) is 2.39. The smallest absolute Gasteiger partial charge is 0.0915 e. The Balaban J connectivity index is 1.69. The fraction of sp³-hybridized carbons (Fsp3) is 0.176. The molecule has 0 amide bonds. The lowest BCUT2D eigenvalue weighted by Crippen LogP contribution is -2.21. The summed E-state index contributed by atoms with van der Waals surface area (Å²) in [7, 11) is 0. The minimum Gasteiger partial charge on any atom is -0.387 e. The summed E-state index contributed by atoms with van der Waals surface area (Å²) in [6.45, 7) is 1.08. The van der Waals surface area contributed by atoms with Crippen molar-refractivity contribution in [2.24, 2.45) is 0 Å². The predicted molar refractivity (Wildman–Crippen MR) is 87.7 cm³/mol. The van der Waals surface area contributed by atoms with Gasteiger partial charge in [-0.2, -0.15) is 0 Å². The molecule has 0 saturated heterocycles. The summed E-state index contributed by atoms with van der Waals surface area (Å²) < 4.78 is 0. The number of pyridine rings is 2. The molecule has 2 N–H and O–H groups in total. The molecular weight excluding hydrogens is 298 g/mol. The molecule has 3 rings (SSSR count). The van der Waals surface area contributed by atoms with Crippen molar-refractivity contribution in [3.05, 3.63) is 71.1 Å². The maximum atomic E-state index is 10.1. The first kappa shape index (κ1) is 14.9. The van der Waals surface area contributed by atoms with Gasteiger partial charge in [0, 0.05) is 42.1 Å². The molecule has 0 saturated carbocycles. The van der Waals surface area contributed by atoms with E-state index in [0.29, 0.717) is 18.1 Å². The quantitative estimate of drug-likeness (QED) is 0.760. The van der Waals surface area contributed by atoms with Crippen molar-refractivity contribution in [3.8, 4) is 0 Å². The van der Waals surface area contributed by atoms with Gasteiger partial charge in [0.1, 0.15) is 0 Å². The van der Waals surface area contributed by atoms with Gasteiger partial charge in [0.05, 0.1) is 11.6 Å². The van der Waals surface area contributed by atoms with Crippen LogP contribution in [0.2, 0.25) is 5.02 Å². The van der Waals surface area contributed by atoms with E-state index >= 15 is 0 Å². The number of aliphatic hydroxyl groups is 1. The molecular formula is C17H16ClN3O. The Labute approximate surface area is 133 Å². The Bertz CT molecular complexity index is 764. The van der Waals surface area contributed by atoms with Crippen molar-refractivity contribution in [3.63, 3.8) is 0 Å². The highest BCUT2D eigenvalue weighted by molar-refractivity contribution is 6.35. The number of rotatable bonds is 5. The second-order valence-corrected chi connectivity index (χ2v) is 5.44. The SMILES string of the molecule is OC(CNCc1ccc(Cl)c2cccnc12)c1ccncc1. The number of nitrogens with zero attached hydrogens (tertiary/aromatic N) is 2. The summed E-state index contributed by atoms with van der Waals surface area (Å²) in [5, 5.41) is 15.0. The molecule has 1 atom stereocenters. The predicted octanol–water partition coefficient (Wildman–Crippen LogP) is 3.11. The standard InChI is InChI=1S/C17H16ClN3O/c18-15-4-3-13(17-14(15)2-1-7-21-17)10-20-11-16(22)12-5-8-19-9-6-12/h1-9,16,20,22H,10-11H2. The van der Waals surface area contributed by atoms with Crippen LogP contribution in [0.3, 0.4) is 0 Å². The largest absolute Gasteiger partial charge is 0.387 e. The van der Waals surface area contributed by atoms with E-state index in [2.05, 4.69) is 15.3 Å². The van der Waals surface area contributed by atoms with Crippen LogP contribution in [0.5, 0.6) is 0 Å². The van der Waals surface area contributed by atoms with Crippen molar-refractivity contribution < 1.29 is 5.11 Å². The van der Waals surface area contributed by atoms with Crippen molar-refractivity contribution in [1.29, 1.82) is 0 Å². The second-order valence-electron chi connectivity index (χ2n) is 5.03. The lowest BCUT2D eigenvalue weighted by atomic mass is 10.1. The molecule has 2 aromatic heterocycles. The van der Waals surface area contributed by atoms with Gasteiger partial charge in [0.15, 0.2) is 0 Å².